The molecule has 0 aliphatic rings. The molecular formula is C13H11FN2O3. The average Bonchev–Trinajstić information content (AvgIpc) is 2.36. The molecule has 2 aromatic carbocycles. The molecule has 5 nitrogen and oxygen atoms in total. The van der Waals surface area contributed by atoms with Crippen LogP contribution in [0.4, 0.5) is 15.8 Å². The fraction of sp³-hybridized carbons (Fsp3) is 0. The summed E-state index contributed by atoms with van der Waals surface area (Å²) in [5, 5.41) is 21.2. The highest BCUT2D eigenvalue weighted by Crippen LogP contribution is 2.23. The van der Waals surface area contributed by atoms with E-state index in [1.54, 1.807) is 0 Å². The second-order valence-electron chi connectivity index (χ2n) is 3.89. The van der Waals surface area contributed by atoms with Gasteiger partial charge in [0.15, 0.2) is 0 Å². The van der Waals surface area contributed by atoms with E-state index in [9.17, 15) is 19.4 Å². The predicted molar refractivity (Wildman–Crippen MR) is 68.5 cm³/mol. The lowest BCUT2D eigenvalue weighted by atomic mass is 10.1. The van der Waals surface area contributed by atoms with E-state index in [1.165, 1.54) is 24.3 Å². The number of amides is 1. The van der Waals surface area contributed by atoms with E-state index in [1.807, 2.05) is 0 Å². The summed E-state index contributed by atoms with van der Waals surface area (Å²) in [4.78, 5) is 11.8. The molecule has 5 N–H and O–H groups in total. The fourth-order valence-electron chi connectivity index (χ4n) is 1.51. The van der Waals surface area contributed by atoms with Gasteiger partial charge < -0.3 is 21.3 Å². The van der Waals surface area contributed by atoms with Gasteiger partial charge in [0.2, 0.25) is 0 Å². The number of anilines is 2. The molecule has 0 radical (unpaired) electrons. The summed E-state index contributed by atoms with van der Waals surface area (Å²) >= 11 is 0. The van der Waals surface area contributed by atoms with Crippen LogP contribution in [0.2, 0.25) is 0 Å². The highest BCUT2D eigenvalue weighted by Gasteiger charge is 2.12. The highest BCUT2D eigenvalue weighted by atomic mass is 19.1. The van der Waals surface area contributed by atoms with Gasteiger partial charge in [-0.2, -0.15) is 0 Å². The molecule has 6 heteroatoms. The van der Waals surface area contributed by atoms with E-state index in [4.69, 9.17) is 5.73 Å². The van der Waals surface area contributed by atoms with Crippen molar-refractivity contribution in [2.45, 2.75) is 0 Å². The molecular weight excluding hydrogens is 251 g/mol. The number of aromatic hydroxyl groups is 2. The second kappa shape index (κ2) is 4.85. The van der Waals surface area contributed by atoms with Crippen LogP contribution in [0.25, 0.3) is 0 Å². The van der Waals surface area contributed by atoms with Crippen LogP contribution in [0.15, 0.2) is 36.4 Å². The van der Waals surface area contributed by atoms with E-state index in [0.717, 1.165) is 12.1 Å². The Morgan fingerprint density at radius 1 is 1.16 bits per heavy atom. The molecule has 0 atom stereocenters. The number of hydrogen-bond donors (Lipinski definition) is 4. The number of nitrogens with one attached hydrogen (secondary N) is 1. The largest absolute Gasteiger partial charge is 0.508 e. The summed E-state index contributed by atoms with van der Waals surface area (Å²) in [5.74, 6) is -1.77. The molecule has 0 saturated carbocycles. The number of phenolic OH excluding ortho intramolecular Hbond substituents is 2. The Bertz CT molecular complexity index is 644. The van der Waals surface area contributed by atoms with E-state index >= 15 is 0 Å². The zero-order valence-electron chi connectivity index (χ0n) is 9.72. The van der Waals surface area contributed by atoms with E-state index in [-0.39, 0.29) is 28.4 Å². The number of hydrogen-bond acceptors (Lipinski definition) is 4. The number of halogens is 1. The molecule has 0 aliphatic heterocycles. The first kappa shape index (κ1) is 12.7. The molecule has 0 bridgehead atoms. The minimum atomic E-state index is -0.669. The van der Waals surface area contributed by atoms with E-state index in [0.29, 0.717) is 0 Å². The van der Waals surface area contributed by atoms with Crippen molar-refractivity contribution in [2.75, 3.05) is 11.1 Å². The Morgan fingerprint density at radius 3 is 2.58 bits per heavy atom. The summed E-state index contributed by atoms with van der Waals surface area (Å²) in [6.45, 7) is 0. The number of benzene rings is 2. The highest BCUT2D eigenvalue weighted by molar-refractivity contribution is 6.06. The SMILES string of the molecule is Nc1ccc(NC(=O)c2cc(O)ccc2O)cc1F. The standard InChI is InChI=1S/C13H11FN2O3/c14-10-5-7(1-3-11(10)15)16-13(19)9-6-8(17)2-4-12(9)18/h1-6,17-18H,15H2,(H,16,19). The Labute approximate surface area is 108 Å². The van der Waals surface area contributed by atoms with Gasteiger partial charge in [-0.05, 0) is 36.4 Å². The van der Waals surface area contributed by atoms with Gasteiger partial charge in [-0.25, -0.2) is 4.39 Å². The van der Waals surface area contributed by atoms with Crippen LogP contribution >= 0.6 is 0 Å². The Morgan fingerprint density at radius 2 is 1.89 bits per heavy atom. The van der Waals surface area contributed by atoms with Crippen molar-refractivity contribution in [3.05, 3.63) is 47.8 Å². The van der Waals surface area contributed by atoms with Crippen LogP contribution in [0.3, 0.4) is 0 Å². The van der Waals surface area contributed by atoms with Crippen LogP contribution < -0.4 is 11.1 Å². The molecule has 0 aliphatic carbocycles. The third-order valence-electron chi connectivity index (χ3n) is 2.48. The lowest BCUT2D eigenvalue weighted by molar-refractivity contribution is 0.102. The van der Waals surface area contributed by atoms with Crippen molar-refractivity contribution >= 4 is 17.3 Å². The molecule has 0 fully saturated rings. The first-order valence-electron chi connectivity index (χ1n) is 5.36. The first-order valence-corrected chi connectivity index (χ1v) is 5.36. The van der Waals surface area contributed by atoms with Crippen molar-refractivity contribution in [3.8, 4) is 11.5 Å². The summed E-state index contributed by atoms with van der Waals surface area (Å²) in [6, 6.07) is 7.34. The van der Waals surface area contributed by atoms with Gasteiger partial charge in [0.25, 0.3) is 5.91 Å². The van der Waals surface area contributed by atoms with Crippen LogP contribution in [0, 0.1) is 5.82 Å². The summed E-state index contributed by atoms with van der Waals surface area (Å²) < 4.78 is 13.2. The summed E-state index contributed by atoms with van der Waals surface area (Å²) in [7, 11) is 0. The van der Waals surface area contributed by atoms with Crippen molar-refractivity contribution < 1.29 is 19.4 Å². The maximum absolute atomic E-state index is 13.2. The first-order chi connectivity index (χ1) is 8.97. The number of nitrogen functional groups attached to an aromatic ring is 1. The van der Waals surface area contributed by atoms with Crippen molar-refractivity contribution in [3.63, 3.8) is 0 Å². The van der Waals surface area contributed by atoms with Crippen LogP contribution in [0.1, 0.15) is 10.4 Å². The quantitative estimate of drug-likeness (QED) is 0.492. The van der Waals surface area contributed by atoms with E-state index < -0.39 is 11.7 Å². The average molecular weight is 262 g/mol. The second-order valence-corrected chi connectivity index (χ2v) is 3.89. The zero-order chi connectivity index (χ0) is 14.0. The number of nitrogens with two attached hydrogens (primary N) is 1. The molecule has 2 aromatic rings. The number of carbonyl (C=O) groups excluding carboxylic acids is 1. The number of phenols is 2. The van der Waals surface area contributed by atoms with Gasteiger partial charge >= 0.3 is 0 Å². The Hall–Kier alpha value is -2.76. The minimum Gasteiger partial charge on any atom is -0.508 e. The Kier molecular flexibility index (Phi) is 3.24. The van der Waals surface area contributed by atoms with Gasteiger partial charge in [0.1, 0.15) is 17.3 Å². The minimum absolute atomic E-state index is 0.0294. The Balaban J connectivity index is 2.25. The molecule has 0 heterocycles. The molecule has 0 spiro atoms. The van der Waals surface area contributed by atoms with Gasteiger partial charge in [0, 0.05) is 5.69 Å². The fourth-order valence-corrected chi connectivity index (χ4v) is 1.51. The molecule has 98 valence electrons. The number of carbonyl (C=O) groups is 1. The van der Waals surface area contributed by atoms with Crippen molar-refractivity contribution in [2.24, 2.45) is 0 Å². The van der Waals surface area contributed by atoms with Crippen LogP contribution in [-0.4, -0.2) is 16.1 Å². The maximum atomic E-state index is 13.2. The van der Waals surface area contributed by atoms with Crippen molar-refractivity contribution in [1.29, 1.82) is 0 Å². The molecule has 0 unspecified atom stereocenters. The topological polar surface area (TPSA) is 95.6 Å². The molecule has 0 saturated heterocycles. The summed E-state index contributed by atoms with van der Waals surface area (Å²) in [6.07, 6.45) is 0. The van der Waals surface area contributed by atoms with E-state index in [2.05, 4.69) is 5.32 Å². The van der Waals surface area contributed by atoms with Gasteiger partial charge in [0.05, 0.1) is 11.3 Å². The van der Waals surface area contributed by atoms with Crippen LogP contribution in [-0.2, 0) is 0 Å². The molecule has 19 heavy (non-hydrogen) atoms. The molecule has 2 rings (SSSR count). The lowest BCUT2D eigenvalue weighted by Crippen LogP contribution is -2.12. The maximum Gasteiger partial charge on any atom is 0.259 e. The van der Waals surface area contributed by atoms with Gasteiger partial charge in [-0.1, -0.05) is 0 Å². The summed E-state index contributed by atoms with van der Waals surface area (Å²) in [5.41, 5.74) is 5.36. The van der Waals surface area contributed by atoms with Crippen molar-refractivity contribution in [1.82, 2.24) is 0 Å². The lowest BCUT2D eigenvalue weighted by Gasteiger charge is -2.08. The van der Waals surface area contributed by atoms with Crippen LogP contribution in [0.5, 0.6) is 11.5 Å². The molecule has 1 amide bonds. The number of rotatable bonds is 2. The third kappa shape index (κ3) is 2.74. The third-order valence-corrected chi connectivity index (χ3v) is 2.48. The van der Waals surface area contributed by atoms with Gasteiger partial charge in [-0.15, -0.1) is 0 Å². The smallest absolute Gasteiger partial charge is 0.259 e. The van der Waals surface area contributed by atoms with Gasteiger partial charge in [-0.3, -0.25) is 4.79 Å². The zero-order valence-corrected chi connectivity index (χ0v) is 9.72. The normalized spacial score (nSPS) is 10.2. The molecule has 0 aromatic heterocycles. The predicted octanol–water partition coefficient (Wildman–Crippen LogP) is 2.07. The monoisotopic (exact) mass is 262 g/mol.